The zero-order valence-corrected chi connectivity index (χ0v) is 9.13. The predicted octanol–water partition coefficient (Wildman–Crippen LogP) is -0.344. The number of nitrogens with one attached hydrogen (secondary N) is 1. The highest BCUT2D eigenvalue weighted by Crippen LogP contribution is 2.11. The van der Waals surface area contributed by atoms with Crippen molar-refractivity contribution in [3.05, 3.63) is 0 Å². The van der Waals surface area contributed by atoms with E-state index in [2.05, 4.69) is 5.32 Å². The van der Waals surface area contributed by atoms with E-state index in [4.69, 9.17) is 10.8 Å². The first kappa shape index (κ1) is 13.2. The fourth-order valence-electron chi connectivity index (χ4n) is 0.713. The van der Waals surface area contributed by atoms with Crippen molar-refractivity contribution in [3.63, 3.8) is 0 Å². The van der Waals surface area contributed by atoms with Crippen molar-refractivity contribution >= 4 is 23.6 Å². The van der Waals surface area contributed by atoms with Crippen molar-refractivity contribution in [1.29, 1.82) is 0 Å². The maximum Gasteiger partial charge on any atom is 0.321 e. The minimum Gasteiger partial charge on any atom is -0.480 e. The van der Waals surface area contributed by atoms with Crippen LogP contribution in [0, 0.1) is 0 Å². The van der Waals surface area contributed by atoms with Crippen molar-refractivity contribution in [2.45, 2.75) is 25.1 Å². The lowest BCUT2D eigenvalue weighted by Gasteiger charge is -2.12. The average molecular weight is 220 g/mol. The summed E-state index contributed by atoms with van der Waals surface area (Å²) in [7, 11) is 0. The van der Waals surface area contributed by atoms with E-state index in [1.807, 2.05) is 6.92 Å². The molecule has 6 heteroatoms. The molecule has 0 aromatic carbocycles. The van der Waals surface area contributed by atoms with Crippen LogP contribution in [-0.4, -0.2) is 40.6 Å². The normalized spacial score (nSPS) is 14.5. The molecule has 0 heterocycles. The van der Waals surface area contributed by atoms with E-state index < -0.39 is 12.0 Å². The van der Waals surface area contributed by atoms with Gasteiger partial charge in [0.2, 0.25) is 5.91 Å². The molecular weight excluding hydrogens is 204 g/mol. The largest absolute Gasteiger partial charge is 0.480 e. The summed E-state index contributed by atoms with van der Waals surface area (Å²) < 4.78 is 0. The van der Waals surface area contributed by atoms with E-state index >= 15 is 0 Å². The van der Waals surface area contributed by atoms with Gasteiger partial charge in [-0.3, -0.25) is 9.59 Å². The Labute approximate surface area is 87.4 Å². The highest BCUT2D eigenvalue weighted by molar-refractivity contribution is 8.00. The van der Waals surface area contributed by atoms with Crippen molar-refractivity contribution in [2.75, 3.05) is 12.3 Å². The van der Waals surface area contributed by atoms with Gasteiger partial charge in [0.25, 0.3) is 0 Å². The van der Waals surface area contributed by atoms with Gasteiger partial charge in [0.1, 0.15) is 6.04 Å². The molecule has 0 aliphatic rings. The molecule has 5 nitrogen and oxygen atoms in total. The predicted molar refractivity (Wildman–Crippen MR) is 56.2 cm³/mol. The lowest BCUT2D eigenvalue weighted by atomic mass is 10.4. The molecule has 0 rings (SSSR count). The Morgan fingerprint density at radius 3 is 2.57 bits per heavy atom. The number of carbonyl (C=O) groups excluding carboxylic acids is 1. The molecule has 2 atom stereocenters. The topological polar surface area (TPSA) is 92.4 Å². The molecule has 0 fully saturated rings. The number of hydrogen-bond acceptors (Lipinski definition) is 4. The molecular formula is C8H16N2O3S. The first-order valence-electron chi connectivity index (χ1n) is 4.36. The molecule has 82 valence electrons. The lowest BCUT2D eigenvalue weighted by Crippen LogP contribution is -2.36. The van der Waals surface area contributed by atoms with Gasteiger partial charge >= 0.3 is 5.97 Å². The molecule has 0 radical (unpaired) electrons. The number of carbonyl (C=O) groups is 2. The van der Waals surface area contributed by atoms with Crippen molar-refractivity contribution in [1.82, 2.24) is 5.32 Å². The Morgan fingerprint density at radius 2 is 2.14 bits per heavy atom. The van der Waals surface area contributed by atoms with Crippen LogP contribution in [0.2, 0.25) is 0 Å². The number of nitrogens with two attached hydrogens (primary N) is 1. The van der Waals surface area contributed by atoms with Gasteiger partial charge in [-0.1, -0.05) is 0 Å². The van der Waals surface area contributed by atoms with Gasteiger partial charge in [-0.25, -0.2) is 0 Å². The minimum atomic E-state index is -1.04. The number of thioether (sulfide) groups is 1. The molecule has 0 saturated heterocycles. The fourth-order valence-corrected chi connectivity index (χ4v) is 1.59. The SMILES string of the molecule is CCNC(=O)C(C)SC[C@H](N)C(=O)O. The fraction of sp³-hybridized carbons (Fsp3) is 0.750. The van der Waals surface area contributed by atoms with Gasteiger partial charge in [0, 0.05) is 12.3 Å². The molecule has 0 aromatic rings. The van der Waals surface area contributed by atoms with E-state index in [0.29, 0.717) is 6.54 Å². The third-order valence-corrected chi connectivity index (χ3v) is 2.83. The van der Waals surface area contributed by atoms with E-state index in [-0.39, 0.29) is 16.9 Å². The third-order valence-electron chi connectivity index (χ3n) is 1.56. The summed E-state index contributed by atoms with van der Waals surface area (Å²) in [6.07, 6.45) is 0. The highest BCUT2D eigenvalue weighted by atomic mass is 32.2. The van der Waals surface area contributed by atoms with E-state index in [9.17, 15) is 9.59 Å². The van der Waals surface area contributed by atoms with Crippen molar-refractivity contribution in [2.24, 2.45) is 5.73 Å². The molecule has 0 aliphatic heterocycles. The van der Waals surface area contributed by atoms with Crippen LogP contribution in [0.15, 0.2) is 0 Å². The highest BCUT2D eigenvalue weighted by Gasteiger charge is 2.17. The van der Waals surface area contributed by atoms with Crippen LogP contribution in [0.25, 0.3) is 0 Å². The first-order chi connectivity index (χ1) is 6.49. The molecule has 1 unspecified atom stereocenters. The number of amides is 1. The molecule has 14 heavy (non-hydrogen) atoms. The number of carboxylic acids is 1. The summed E-state index contributed by atoms with van der Waals surface area (Å²) in [5.74, 6) is -0.885. The molecule has 0 aliphatic carbocycles. The van der Waals surface area contributed by atoms with Gasteiger partial charge < -0.3 is 16.2 Å². The molecule has 0 spiro atoms. The van der Waals surface area contributed by atoms with Crippen LogP contribution in [-0.2, 0) is 9.59 Å². The van der Waals surface area contributed by atoms with Gasteiger partial charge in [-0.15, -0.1) is 11.8 Å². The number of rotatable bonds is 6. The first-order valence-corrected chi connectivity index (χ1v) is 5.41. The summed E-state index contributed by atoms with van der Waals surface area (Å²) in [5, 5.41) is 10.9. The van der Waals surface area contributed by atoms with Crippen LogP contribution >= 0.6 is 11.8 Å². The second-order valence-electron chi connectivity index (χ2n) is 2.81. The Bertz CT molecular complexity index is 211. The van der Waals surface area contributed by atoms with Crippen LogP contribution < -0.4 is 11.1 Å². The summed E-state index contributed by atoms with van der Waals surface area (Å²) in [6, 6.07) is -0.906. The number of aliphatic carboxylic acids is 1. The number of carboxylic acid groups (broad SMARTS) is 1. The molecule has 4 N–H and O–H groups in total. The summed E-state index contributed by atoms with van der Waals surface area (Å²) in [6.45, 7) is 4.14. The van der Waals surface area contributed by atoms with Crippen LogP contribution in [0.4, 0.5) is 0 Å². The van der Waals surface area contributed by atoms with Crippen LogP contribution in [0.1, 0.15) is 13.8 Å². The maximum absolute atomic E-state index is 11.2. The van der Waals surface area contributed by atoms with Crippen LogP contribution in [0.5, 0.6) is 0 Å². The van der Waals surface area contributed by atoms with E-state index in [0.717, 1.165) is 0 Å². The maximum atomic E-state index is 11.2. The third kappa shape index (κ3) is 5.08. The Kier molecular flexibility index (Phi) is 6.31. The monoisotopic (exact) mass is 220 g/mol. The molecule has 1 amide bonds. The quantitative estimate of drug-likeness (QED) is 0.569. The van der Waals surface area contributed by atoms with Gasteiger partial charge in [-0.05, 0) is 13.8 Å². The number of hydrogen-bond donors (Lipinski definition) is 3. The smallest absolute Gasteiger partial charge is 0.321 e. The Hall–Kier alpha value is -0.750. The van der Waals surface area contributed by atoms with Gasteiger partial charge in [0.05, 0.1) is 5.25 Å². The van der Waals surface area contributed by atoms with Crippen molar-refractivity contribution < 1.29 is 14.7 Å². The zero-order chi connectivity index (χ0) is 11.1. The second kappa shape index (κ2) is 6.67. The summed E-state index contributed by atoms with van der Waals surface area (Å²) >= 11 is 1.24. The molecule has 0 aromatic heterocycles. The van der Waals surface area contributed by atoms with Crippen molar-refractivity contribution in [3.8, 4) is 0 Å². The van der Waals surface area contributed by atoms with Crippen LogP contribution in [0.3, 0.4) is 0 Å². The standard InChI is InChI=1S/C8H16N2O3S/c1-3-10-7(11)5(2)14-4-6(9)8(12)13/h5-6H,3-4,9H2,1-2H3,(H,10,11)(H,12,13)/t5?,6-/m0/s1. The zero-order valence-electron chi connectivity index (χ0n) is 8.32. The van der Waals surface area contributed by atoms with Gasteiger partial charge in [-0.2, -0.15) is 0 Å². The average Bonchev–Trinajstić information content (AvgIpc) is 2.13. The van der Waals surface area contributed by atoms with Gasteiger partial charge in [0.15, 0.2) is 0 Å². The minimum absolute atomic E-state index is 0.0879. The lowest BCUT2D eigenvalue weighted by molar-refractivity contribution is -0.138. The van der Waals surface area contributed by atoms with E-state index in [1.54, 1.807) is 6.92 Å². The van der Waals surface area contributed by atoms with E-state index in [1.165, 1.54) is 11.8 Å². The molecule has 0 saturated carbocycles. The Balaban J connectivity index is 3.78. The molecule has 0 bridgehead atoms. The Morgan fingerprint density at radius 1 is 1.57 bits per heavy atom. The summed E-state index contributed by atoms with van der Waals surface area (Å²) in [5.41, 5.74) is 5.29. The summed E-state index contributed by atoms with van der Waals surface area (Å²) in [4.78, 5) is 21.6. The second-order valence-corrected chi connectivity index (χ2v) is 4.19.